The standard InChI is InChI=1S/C20H24N2O2/c1-7-15-17(21-5)16(18(19(23)24)22(15)6)13-9-11-14(12-10-13)20(3,4)8-2/h9-12H,7-8H2,1-4,6H3,(H,23,24). The van der Waals surface area contributed by atoms with Crippen LogP contribution in [-0.4, -0.2) is 15.6 Å². The molecule has 0 unspecified atom stereocenters. The molecule has 0 spiro atoms. The molecule has 0 aliphatic carbocycles. The lowest BCUT2D eigenvalue weighted by atomic mass is 9.82. The van der Waals surface area contributed by atoms with E-state index in [1.165, 1.54) is 5.56 Å². The summed E-state index contributed by atoms with van der Waals surface area (Å²) in [7, 11) is 1.72. The van der Waals surface area contributed by atoms with Gasteiger partial charge in [-0.1, -0.05) is 52.0 Å². The van der Waals surface area contributed by atoms with Gasteiger partial charge in [-0.3, -0.25) is 0 Å². The van der Waals surface area contributed by atoms with Crippen molar-refractivity contribution < 1.29 is 9.90 Å². The van der Waals surface area contributed by atoms with Gasteiger partial charge in [-0.2, -0.15) is 0 Å². The van der Waals surface area contributed by atoms with Gasteiger partial charge in [-0.25, -0.2) is 9.64 Å². The van der Waals surface area contributed by atoms with Gasteiger partial charge in [0.1, 0.15) is 5.69 Å². The van der Waals surface area contributed by atoms with Gasteiger partial charge in [0.15, 0.2) is 0 Å². The minimum Gasteiger partial charge on any atom is -0.477 e. The summed E-state index contributed by atoms with van der Waals surface area (Å²) in [6.45, 7) is 16.0. The Morgan fingerprint density at radius 3 is 2.25 bits per heavy atom. The monoisotopic (exact) mass is 324 g/mol. The summed E-state index contributed by atoms with van der Waals surface area (Å²) in [5, 5.41) is 9.63. The number of carboxylic acid groups (broad SMARTS) is 1. The van der Waals surface area contributed by atoms with E-state index < -0.39 is 5.97 Å². The molecule has 4 heteroatoms. The molecule has 0 fully saturated rings. The van der Waals surface area contributed by atoms with Gasteiger partial charge in [0, 0.05) is 18.3 Å². The van der Waals surface area contributed by atoms with Crippen LogP contribution in [0.15, 0.2) is 24.3 Å². The zero-order chi connectivity index (χ0) is 18.1. The van der Waals surface area contributed by atoms with E-state index in [-0.39, 0.29) is 11.1 Å². The van der Waals surface area contributed by atoms with Crippen molar-refractivity contribution in [3.8, 4) is 11.1 Å². The number of nitrogens with zero attached hydrogens (tertiary/aromatic N) is 2. The summed E-state index contributed by atoms with van der Waals surface area (Å²) in [6, 6.07) is 7.94. The summed E-state index contributed by atoms with van der Waals surface area (Å²) < 4.78 is 1.63. The predicted molar refractivity (Wildman–Crippen MR) is 96.8 cm³/mol. The van der Waals surface area contributed by atoms with Gasteiger partial charge in [0.05, 0.1) is 6.57 Å². The number of aromatic nitrogens is 1. The SMILES string of the molecule is [C-]#[N+]c1c(-c2ccc(C(C)(C)CC)cc2)c(C(=O)O)n(C)c1CC. The van der Waals surface area contributed by atoms with Crippen molar-refractivity contribution in [1.82, 2.24) is 4.57 Å². The quantitative estimate of drug-likeness (QED) is 0.769. The molecule has 1 aromatic carbocycles. The fourth-order valence-electron chi connectivity index (χ4n) is 3.06. The molecule has 0 bridgehead atoms. The molecule has 0 atom stereocenters. The van der Waals surface area contributed by atoms with Crippen LogP contribution >= 0.6 is 0 Å². The molecule has 0 aliphatic rings. The molecule has 2 aromatic rings. The van der Waals surface area contributed by atoms with Crippen LogP contribution < -0.4 is 0 Å². The summed E-state index contributed by atoms with van der Waals surface area (Å²) >= 11 is 0. The first-order valence-electron chi connectivity index (χ1n) is 8.21. The number of carboxylic acids is 1. The highest BCUT2D eigenvalue weighted by molar-refractivity contribution is 6.00. The largest absolute Gasteiger partial charge is 0.477 e. The highest BCUT2D eigenvalue weighted by Crippen LogP contribution is 2.40. The van der Waals surface area contributed by atoms with Crippen molar-refractivity contribution in [3.05, 3.63) is 52.6 Å². The highest BCUT2D eigenvalue weighted by Gasteiger charge is 2.26. The van der Waals surface area contributed by atoms with Crippen molar-refractivity contribution >= 4 is 11.7 Å². The summed E-state index contributed by atoms with van der Waals surface area (Å²) in [5.74, 6) is -1.00. The molecule has 0 saturated heterocycles. The molecule has 1 aromatic heterocycles. The number of aromatic carboxylic acids is 1. The van der Waals surface area contributed by atoms with Gasteiger partial charge in [-0.05, 0) is 29.4 Å². The summed E-state index contributed by atoms with van der Waals surface area (Å²) in [4.78, 5) is 15.4. The molecule has 4 nitrogen and oxygen atoms in total. The fraction of sp³-hybridized carbons (Fsp3) is 0.400. The summed E-state index contributed by atoms with van der Waals surface area (Å²) in [5.41, 5.74) is 3.97. The van der Waals surface area contributed by atoms with Crippen molar-refractivity contribution in [2.75, 3.05) is 0 Å². The molecule has 0 amide bonds. The third kappa shape index (κ3) is 2.82. The molecule has 0 aliphatic heterocycles. The molecule has 1 N–H and O–H groups in total. The second-order valence-electron chi connectivity index (χ2n) is 6.66. The van der Waals surface area contributed by atoms with Crippen LogP contribution in [0.5, 0.6) is 0 Å². The van der Waals surface area contributed by atoms with E-state index >= 15 is 0 Å². The van der Waals surface area contributed by atoms with Crippen molar-refractivity contribution in [3.63, 3.8) is 0 Å². The Hall–Kier alpha value is -2.54. The van der Waals surface area contributed by atoms with Crippen LogP contribution in [-0.2, 0) is 18.9 Å². The minimum absolute atomic E-state index is 0.0715. The highest BCUT2D eigenvalue weighted by atomic mass is 16.4. The number of carbonyl (C=O) groups is 1. The second kappa shape index (κ2) is 6.52. The van der Waals surface area contributed by atoms with E-state index in [2.05, 4.69) is 25.6 Å². The Bertz CT molecular complexity index is 806. The maximum Gasteiger partial charge on any atom is 0.351 e. The van der Waals surface area contributed by atoms with Crippen LogP contribution in [0.25, 0.3) is 16.0 Å². The topological polar surface area (TPSA) is 46.6 Å². The smallest absolute Gasteiger partial charge is 0.351 e. The van der Waals surface area contributed by atoms with E-state index in [1.807, 2.05) is 31.2 Å². The van der Waals surface area contributed by atoms with Gasteiger partial charge in [0.2, 0.25) is 5.69 Å². The molecule has 1 heterocycles. The summed E-state index contributed by atoms with van der Waals surface area (Å²) in [6.07, 6.45) is 1.64. The minimum atomic E-state index is -1.00. The van der Waals surface area contributed by atoms with Gasteiger partial charge < -0.3 is 9.67 Å². The first kappa shape index (κ1) is 17.8. The second-order valence-corrected chi connectivity index (χ2v) is 6.66. The average molecular weight is 324 g/mol. The molecular formula is C20H24N2O2. The maximum atomic E-state index is 11.8. The van der Waals surface area contributed by atoms with Crippen LogP contribution in [0.2, 0.25) is 0 Å². The zero-order valence-electron chi connectivity index (χ0n) is 15.0. The van der Waals surface area contributed by atoms with E-state index in [0.29, 0.717) is 17.7 Å². The predicted octanol–water partition coefficient (Wildman–Crippen LogP) is 5.19. The van der Waals surface area contributed by atoms with Crippen molar-refractivity contribution in [2.24, 2.45) is 7.05 Å². The van der Waals surface area contributed by atoms with Gasteiger partial charge in [0.25, 0.3) is 0 Å². The number of benzene rings is 1. The lowest BCUT2D eigenvalue weighted by Gasteiger charge is -2.23. The molecule has 0 saturated carbocycles. The normalized spacial score (nSPS) is 11.3. The van der Waals surface area contributed by atoms with E-state index in [9.17, 15) is 9.90 Å². The Morgan fingerprint density at radius 2 is 1.83 bits per heavy atom. The fourth-order valence-corrected chi connectivity index (χ4v) is 3.06. The van der Waals surface area contributed by atoms with Crippen LogP contribution in [0.1, 0.15) is 55.9 Å². The Morgan fingerprint density at radius 1 is 1.25 bits per heavy atom. The number of rotatable bonds is 5. The third-order valence-corrected chi connectivity index (χ3v) is 4.98. The molecular weight excluding hydrogens is 300 g/mol. The first-order valence-corrected chi connectivity index (χ1v) is 8.21. The maximum absolute atomic E-state index is 11.8. The Balaban J connectivity index is 2.69. The van der Waals surface area contributed by atoms with Crippen molar-refractivity contribution in [1.29, 1.82) is 0 Å². The van der Waals surface area contributed by atoms with Crippen LogP contribution in [0, 0.1) is 6.57 Å². The first-order chi connectivity index (χ1) is 11.3. The zero-order valence-corrected chi connectivity index (χ0v) is 15.0. The van der Waals surface area contributed by atoms with E-state index in [1.54, 1.807) is 11.6 Å². The lowest BCUT2D eigenvalue weighted by molar-refractivity contribution is 0.0687. The van der Waals surface area contributed by atoms with E-state index in [0.717, 1.165) is 17.7 Å². The number of hydrogen-bond acceptors (Lipinski definition) is 1. The molecule has 2 rings (SSSR count). The third-order valence-electron chi connectivity index (χ3n) is 4.98. The Labute approximate surface area is 143 Å². The number of hydrogen-bond donors (Lipinski definition) is 1. The molecule has 24 heavy (non-hydrogen) atoms. The molecule has 126 valence electrons. The molecule has 0 radical (unpaired) electrons. The van der Waals surface area contributed by atoms with Crippen LogP contribution in [0.4, 0.5) is 5.69 Å². The lowest BCUT2D eigenvalue weighted by Crippen LogP contribution is -2.15. The van der Waals surface area contributed by atoms with Gasteiger partial charge >= 0.3 is 5.97 Å². The Kier molecular flexibility index (Phi) is 4.84. The van der Waals surface area contributed by atoms with Gasteiger partial charge in [-0.15, -0.1) is 0 Å². The van der Waals surface area contributed by atoms with Crippen LogP contribution in [0.3, 0.4) is 0 Å². The van der Waals surface area contributed by atoms with Crippen molar-refractivity contribution in [2.45, 2.75) is 46.0 Å². The van der Waals surface area contributed by atoms with E-state index in [4.69, 9.17) is 6.57 Å². The average Bonchev–Trinajstić information content (AvgIpc) is 2.86.